The van der Waals surface area contributed by atoms with Crippen molar-refractivity contribution in [3.8, 4) is 0 Å². The molecule has 0 aromatic carbocycles. The molecule has 0 spiro atoms. The molecule has 0 rings (SSSR count). The topological polar surface area (TPSA) is 69.6 Å². The zero-order valence-electron chi connectivity index (χ0n) is 22.6. The Morgan fingerprint density at radius 2 is 1.18 bits per heavy atom. The van der Waals surface area contributed by atoms with Crippen LogP contribution in [0.2, 0.25) is 0 Å². The van der Waals surface area contributed by atoms with Crippen LogP contribution in [0.15, 0.2) is 12.5 Å². The minimum Gasteiger partial charge on any atom is -0.514 e. The lowest BCUT2D eigenvalue weighted by Gasteiger charge is -2.16. The van der Waals surface area contributed by atoms with Gasteiger partial charge in [0.15, 0.2) is 0 Å². The highest BCUT2D eigenvalue weighted by Crippen LogP contribution is 2.13. The molecule has 0 aromatic rings. The number of aliphatic hydroxyl groups is 1. The number of rotatable bonds is 26. The molecule has 5 nitrogen and oxygen atoms in total. The molecule has 0 radical (unpaired) electrons. The molecule has 0 aliphatic rings. The van der Waals surface area contributed by atoms with E-state index in [1.165, 1.54) is 89.7 Å². The third-order valence-corrected chi connectivity index (χ3v) is 6.41. The van der Waals surface area contributed by atoms with Crippen molar-refractivity contribution in [3.63, 3.8) is 0 Å². The fourth-order valence-electron chi connectivity index (χ4n) is 4.28. The van der Waals surface area contributed by atoms with Crippen molar-refractivity contribution in [3.05, 3.63) is 12.5 Å². The second kappa shape index (κ2) is 26.2. The Kier molecular flexibility index (Phi) is 25.2. The van der Waals surface area contributed by atoms with Crippen LogP contribution in [-0.2, 0) is 9.59 Å². The first-order valence-electron chi connectivity index (χ1n) is 14.5. The van der Waals surface area contributed by atoms with Crippen molar-refractivity contribution in [2.75, 3.05) is 19.6 Å². The van der Waals surface area contributed by atoms with E-state index < -0.39 is 0 Å². The van der Waals surface area contributed by atoms with Gasteiger partial charge in [-0.15, -0.1) is 0 Å². The fourth-order valence-corrected chi connectivity index (χ4v) is 4.28. The summed E-state index contributed by atoms with van der Waals surface area (Å²) in [6.07, 6.45) is 26.0. The average Bonchev–Trinajstić information content (AvgIpc) is 2.83. The highest BCUT2D eigenvalue weighted by molar-refractivity contribution is 5.80. The number of carbonyl (C=O) groups excluding carboxylic acids is 2. The van der Waals surface area contributed by atoms with Crippen molar-refractivity contribution in [2.24, 2.45) is 0 Å². The highest BCUT2D eigenvalue weighted by atomic mass is 16.2. The minimum atomic E-state index is 0.0588. The monoisotopic (exact) mass is 480 g/mol. The summed E-state index contributed by atoms with van der Waals surface area (Å²) in [6.45, 7) is 6.22. The number of hydrogen-bond donors (Lipinski definition) is 2. The molecule has 0 aliphatic carbocycles. The Morgan fingerprint density at radius 3 is 1.71 bits per heavy atom. The van der Waals surface area contributed by atoms with Crippen molar-refractivity contribution in [1.29, 1.82) is 0 Å². The quantitative estimate of drug-likeness (QED) is 0.0977. The minimum absolute atomic E-state index is 0.0588. The summed E-state index contributed by atoms with van der Waals surface area (Å²) in [5.41, 5.74) is 0. The molecule has 0 aliphatic heterocycles. The van der Waals surface area contributed by atoms with Gasteiger partial charge in [0.2, 0.25) is 5.91 Å². The molecule has 0 bridgehead atoms. The van der Waals surface area contributed by atoms with Crippen LogP contribution in [0.1, 0.15) is 142 Å². The number of nitrogens with one attached hydrogen (secondary N) is 1. The average molecular weight is 481 g/mol. The summed E-state index contributed by atoms with van der Waals surface area (Å²) in [5.74, 6) is 0.378. The van der Waals surface area contributed by atoms with Crippen molar-refractivity contribution >= 4 is 11.7 Å². The Morgan fingerprint density at radius 1 is 0.676 bits per heavy atom. The number of unbranched alkanes of at least 4 members (excludes halogenated alkanes) is 15. The molecule has 0 fully saturated rings. The fraction of sp³-hybridized carbons (Fsp3) is 0.862. The van der Waals surface area contributed by atoms with Gasteiger partial charge < -0.3 is 15.3 Å². The van der Waals surface area contributed by atoms with E-state index in [1.807, 2.05) is 6.92 Å². The second-order valence-corrected chi connectivity index (χ2v) is 9.76. The van der Waals surface area contributed by atoms with Crippen LogP contribution < -0.4 is 5.32 Å². The van der Waals surface area contributed by atoms with E-state index in [0.717, 1.165) is 44.9 Å². The number of hydrogen-bond acceptors (Lipinski definition) is 4. The number of Topliss-reactive ketones (excluding diaryl/α,β-unsaturated/α-hetero) is 1. The summed E-state index contributed by atoms with van der Waals surface area (Å²) < 4.78 is 0. The zero-order chi connectivity index (χ0) is 25.1. The first kappa shape index (κ1) is 32.6. The van der Waals surface area contributed by atoms with Crippen LogP contribution in [0.5, 0.6) is 0 Å². The van der Waals surface area contributed by atoms with Crippen molar-refractivity contribution < 1.29 is 14.7 Å². The maximum Gasteiger partial charge on any atom is 0.226 e. The molecule has 0 unspecified atom stereocenters. The molecule has 0 atom stereocenters. The maximum absolute atomic E-state index is 12.1. The Balaban J connectivity index is 3.37. The molecule has 0 heterocycles. The summed E-state index contributed by atoms with van der Waals surface area (Å²) in [5, 5.41) is 12.1. The third-order valence-electron chi connectivity index (χ3n) is 6.41. The molecular formula is C29H56N2O3. The maximum atomic E-state index is 12.1. The number of aliphatic hydroxyl groups excluding tert-OH is 1. The Bertz CT molecular complexity index is 494. The summed E-state index contributed by atoms with van der Waals surface area (Å²) in [4.78, 5) is 25.7. The van der Waals surface area contributed by atoms with Crippen LogP contribution in [0.3, 0.4) is 0 Å². The second-order valence-electron chi connectivity index (χ2n) is 9.76. The molecule has 34 heavy (non-hydrogen) atoms. The zero-order valence-corrected chi connectivity index (χ0v) is 22.6. The van der Waals surface area contributed by atoms with E-state index in [2.05, 4.69) is 12.2 Å². The van der Waals surface area contributed by atoms with Crippen molar-refractivity contribution in [1.82, 2.24) is 10.2 Å². The summed E-state index contributed by atoms with van der Waals surface area (Å²) in [6, 6.07) is 0. The predicted molar refractivity (Wildman–Crippen MR) is 145 cm³/mol. The van der Waals surface area contributed by atoms with Gasteiger partial charge in [-0.3, -0.25) is 9.59 Å². The van der Waals surface area contributed by atoms with Gasteiger partial charge in [0.05, 0.1) is 12.8 Å². The number of ketones is 1. The third kappa shape index (κ3) is 22.4. The molecule has 2 N–H and O–H groups in total. The highest BCUT2D eigenvalue weighted by Gasteiger charge is 2.09. The summed E-state index contributed by atoms with van der Waals surface area (Å²) >= 11 is 0. The van der Waals surface area contributed by atoms with E-state index in [0.29, 0.717) is 31.7 Å². The van der Waals surface area contributed by atoms with Gasteiger partial charge in [0, 0.05) is 25.6 Å². The van der Waals surface area contributed by atoms with Crippen LogP contribution in [0.25, 0.3) is 0 Å². The Hall–Kier alpha value is -1.36. The van der Waals surface area contributed by atoms with Crippen LogP contribution in [-0.4, -0.2) is 41.3 Å². The van der Waals surface area contributed by atoms with E-state index >= 15 is 0 Å². The van der Waals surface area contributed by atoms with Gasteiger partial charge in [-0.25, -0.2) is 0 Å². The number of nitrogens with zero attached hydrogens (tertiary/aromatic N) is 1. The van der Waals surface area contributed by atoms with Gasteiger partial charge in [-0.05, 0) is 32.2 Å². The largest absolute Gasteiger partial charge is 0.514 e. The van der Waals surface area contributed by atoms with Gasteiger partial charge in [-0.1, -0.05) is 104 Å². The molecule has 5 heteroatoms. The van der Waals surface area contributed by atoms with E-state index in [9.17, 15) is 9.59 Å². The van der Waals surface area contributed by atoms with Gasteiger partial charge in [0.1, 0.15) is 5.78 Å². The molecule has 200 valence electrons. The first-order valence-corrected chi connectivity index (χ1v) is 14.5. The molecule has 0 saturated carbocycles. The smallest absolute Gasteiger partial charge is 0.226 e. The van der Waals surface area contributed by atoms with Crippen molar-refractivity contribution in [2.45, 2.75) is 142 Å². The van der Waals surface area contributed by atoms with Gasteiger partial charge >= 0.3 is 0 Å². The van der Waals surface area contributed by atoms with E-state index in [-0.39, 0.29) is 5.91 Å². The lowest BCUT2D eigenvalue weighted by atomic mass is 10.0. The molecule has 1 amide bonds. The Labute approximate surface area is 211 Å². The number of carbonyl (C=O) groups is 2. The van der Waals surface area contributed by atoms with E-state index in [1.54, 1.807) is 4.90 Å². The van der Waals surface area contributed by atoms with E-state index in [4.69, 9.17) is 5.11 Å². The lowest BCUT2D eigenvalue weighted by Crippen LogP contribution is -2.26. The van der Waals surface area contributed by atoms with Crippen LogP contribution in [0, 0.1) is 0 Å². The molecule has 0 saturated heterocycles. The lowest BCUT2D eigenvalue weighted by molar-refractivity contribution is -0.128. The SMILES string of the molecule is CCCCCCCCCCCCCCCCC(=O)CNCCCCCC(=O)N(/C=C/O)CCC. The standard InChI is InChI=1S/C29H56N2O3/c1-3-5-6-7-8-9-10-11-12-13-14-15-16-18-21-28(33)27-30-23-20-17-19-22-29(34)31(24-4-2)25-26-32/h25-26,30,32H,3-24,27H2,1-2H3/b26-25+. The normalized spacial score (nSPS) is 11.4. The van der Waals surface area contributed by atoms with Gasteiger partial charge in [-0.2, -0.15) is 0 Å². The van der Waals surface area contributed by atoms with Crippen LogP contribution >= 0.6 is 0 Å². The molecular weight excluding hydrogens is 424 g/mol. The van der Waals surface area contributed by atoms with Crippen LogP contribution in [0.4, 0.5) is 0 Å². The van der Waals surface area contributed by atoms with Gasteiger partial charge in [0.25, 0.3) is 0 Å². The molecule has 0 aromatic heterocycles. The summed E-state index contributed by atoms with van der Waals surface area (Å²) in [7, 11) is 0. The first-order chi connectivity index (χ1) is 16.7. The predicted octanol–water partition coefficient (Wildman–Crippen LogP) is 7.84. The number of amides is 1.